The molecule has 0 amide bonds. The van der Waals surface area contributed by atoms with E-state index in [0.29, 0.717) is 12.1 Å². The lowest BCUT2D eigenvalue weighted by Crippen LogP contribution is -2.33. The molecule has 1 N–H and O–H groups in total. The van der Waals surface area contributed by atoms with Crippen LogP contribution in [-0.4, -0.2) is 23.9 Å². The number of rotatable bonds is 6. The van der Waals surface area contributed by atoms with Crippen LogP contribution in [0.1, 0.15) is 28.4 Å². The minimum absolute atomic E-state index is 0.0737. The largest absolute Gasteiger partial charge is 0.496 e. The maximum absolute atomic E-state index is 12.4. The predicted octanol–water partition coefficient (Wildman–Crippen LogP) is 2.76. The highest BCUT2D eigenvalue weighted by atomic mass is 16.5. The Kier molecular flexibility index (Phi) is 5.06. The minimum atomic E-state index is -0.252. The molecule has 2 rings (SSSR count). The number of hydrogen-bond donors (Lipinski definition) is 1. The molecular weight excluding hydrogens is 264 g/mol. The van der Waals surface area contributed by atoms with Crippen molar-refractivity contribution in [3.63, 3.8) is 0 Å². The van der Waals surface area contributed by atoms with Crippen LogP contribution in [0.2, 0.25) is 0 Å². The number of aryl methyl sites for hydroxylation is 1. The molecule has 0 aliphatic heterocycles. The molecule has 1 atom stereocenters. The summed E-state index contributed by atoms with van der Waals surface area (Å²) >= 11 is 0. The summed E-state index contributed by atoms with van der Waals surface area (Å²) in [6.45, 7) is 4.43. The zero-order chi connectivity index (χ0) is 15.2. The summed E-state index contributed by atoms with van der Waals surface area (Å²) in [5.41, 5.74) is 2.71. The maximum Gasteiger partial charge on any atom is 0.179 e. The lowest BCUT2D eigenvalue weighted by atomic mass is 10.0. The Balaban J connectivity index is 2.00. The first-order chi connectivity index (χ1) is 10.1. The van der Waals surface area contributed by atoms with Crippen LogP contribution in [0, 0.1) is 6.92 Å². The Bertz CT molecular complexity index is 611. The summed E-state index contributed by atoms with van der Waals surface area (Å²) in [5, 5.41) is 3.22. The van der Waals surface area contributed by atoms with E-state index in [9.17, 15) is 4.79 Å². The van der Waals surface area contributed by atoms with Gasteiger partial charge in [0.25, 0.3) is 0 Å². The Morgan fingerprint density at radius 1 is 1.38 bits per heavy atom. The SMILES string of the molecule is COc1ccc(C(=O)C(C)NCc2cccnc2)cc1C. The van der Waals surface area contributed by atoms with E-state index >= 15 is 0 Å². The van der Waals surface area contributed by atoms with Gasteiger partial charge in [0.1, 0.15) is 5.75 Å². The summed E-state index contributed by atoms with van der Waals surface area (Å²) in [6.07, 6.45) is 3.53. The van der Waals surface area contributed by atoms with Gasteiger partial charge in [0.05, 0.1) is 13.2 Å². The van der Waals surface area contributed by atoms with Crippen molar-refractivity contribution in [1.29, 1.82) is 0 Å². The summed E-state index contributed by atoms with van der Waals surface area (Å²) in [4.78, 5) is 16.5. The van der Waals surface area contributed by atoms with Crippen LogP contribution in [-0.2, 0) is 6.54 Å². The molecule has 4 heteroatoms. The Morgan fingerprint density at radius 2 is 2.19 bits per heavy atom. The number of ketones is 1. The number of nitrogens with zero attached hydrogens (tertiary/aromatic N) is 1. The molecule has 21 heavy (non-hydrogen) atoms. The van der Waals surface area contributed by atoms with Crippen molar-refractivity contribution < 1.29 is 9.53 Å². The number of pyridine rings is 1. The van der Waals surface area contributed by atoms with Gasteiger partial charge in [0.2, 0.25) is 0 Å². The molecule has 4 nitrogen and oxygen atoms in total. The van der Waals surface area contributed by atoms with E-state index in [1.807, 2.05) is 38.1 Å². The van der Waals surface area contributed by atoms with Gasteiger partial charge in [-0.15, -0.1) is 0 Å². The van der Waals surface area contributed by atoms with Crippen LogP contribution in [0.4, 0.5) is 0 Å². The van der Waals surface area contributed by atoms with Crippen LogP contribution in [0.3, 0.4) is 0 Å². The van der Waals surface area contributed by atoms with E-state index in [0.717, 1.165) is 16.9 Å². The number of Topliss-reactive ketones (excluding diaryl/α,β-unsaturated/α-hetero) is 1. The number of carbonyl (C=O) groups is 1. The molecule has 0 saturated carbocycles. The first-order valence-electron chi connectivity index (χ1n) is 6.93. The predicted molar refractivity (Wildman–Crippen MR) is 82.6 cm³/mol. The minimum Gasteiger partial charge on any atom is -0.496 e. The second-order valence-corrected chi connectivity index (χ2v) is 5.01. The highest BCUT2D eigenvalue weighted by molar-refractivity contribution is 6.00. The molecule has 0 radical (unpaired) electrons. The van der Waals surface area contributed by atoms with Crippen molar-refractivity contribution in [2.45, 2.75) is 26.4 Å². The van der Waals surface area contributed by atoms with Crippen LogP contribution in [0.25, 0.3) is 0 Å². The third-order valence-corrected chi connectivity index (χ3v) is 3.41. The van der Waals surface area contributed by atoms with E-state index in [1.165, 1.54) is 0 Å². The molecular formula is C17H20N2O2. The number of hydrogen-bond acceptors (Lipinski definition) is 4. The average molecular weight is 284 g/mol. The van der Waals surface area contributed by atoms with Gasteiger partial charge in [0, 0.05) is 24.5 Å². The summed E-state index contributed by atoms with van der Waals surface area (Å²) in [6, 6.07) is 9.11. The highest BCUT2D eigenvalue weighted by Crippen LogP contribution is 2.19. The maximum atomic E-state index is 12.4. The molecule has 110 valence electrons. The zero-order valence-electron chi connectivity index (χ0n) is 12.6. The van der Waals surface area contributed by atoms with E-state index < -0.39 is 0 Å². The molecule has 1 heterocycles. The van der Waals surface area contributed by atoms with Gasteiger partial charge in [-0.2, -0.15) is 0 Å². The Hall–Kier alpha value is -2.20. The van der Waals surface area contributed by atoms with Crippen LogP contribution >= 0.6 is 0 Å². The van der Waals surface area contributed by atoms with E-state index in [-0.39, 0.29) is 11.8 Å². The number of benzene rings is 1. The number of nitrogens with one attached hydrogen (secondary N) is 1. The third-order valence-electron chi connectivity index (χ3n) is 3.41. The Labute approximate surface area is 125 Å². The highest BCUT2D eigenvalue weighted by Gasteiger charge is 2.15. The molecule has 1 unspecified atom stereocenters. The number of methoxy groups -OCH3 is 1. The molecule has 1 aromatic carbocycles. The molecule has 1 aromatic heterocycles. The van der Waals surface area contributed by atoms with Gasteiger partial charge in [-0.05, 0) is 49.2 Å². The van der Waals surface area contributed by atoms with E-state index in [4.69, 9.17) is 4.74 Å². The fourth-order valence-electron chi connectivity index (χ4n) is 2.15. The second-order valence-electron chi connectivity index (χ2n) is 5.01. The van der Waals surface area contributed by atoms with Gasteiger partial charge >= 0.3 is 0 Å². The first-order valence-corrected chi connectivity index (χ1v) is 6.93. The van der Waals surface area contributed by atoms with Crippen molar-refractivity contribution in [2.24, 2.45) is 0 Å². The van der Waals surface area contributed by atoms with Gasteiger partial charge in [0.15, 0.2) is 5.78 Å². The molecule has 0 aliphatic carbocycles. The monoisotopic (exact) mass is 284 g/mol. The van der Waals surface area contributed by atoms with Crippen molar-refractivity contribution >= 4 is 5.78 Å². The fourth-order valence-corrected chi connectivity index (χ4v) is 2.15. The van der Waals surface area contributed by atoms with Crippen molar-refractivity contribution in [1.82, 2.24) is 10.3 Å². The quantitative estimate of drug-likeness (QED) is 0.829. The lowest BCUT2D eigenvalue weighted by Gasteiger charge is -2.14. The topological polar surface area (TPSA) is 51.2 Å². The number of aromatic nitrogens is 1. The number of carbonyl (C=O) groups excluding carboxylic acids is 1. The Morgan fingerprint density at radius 3 is 2.81 bits per heavy atom. The third kappa shape index (κ3) is 3.89. The first kappa shape index (κ1) is 15.2. The molecule has 0 spiro atoms. The van der Waals surface area contributed by atoms with Crippen molar-refractivity contribution in [2.75, 3.05) is 7.11 Å². The smallest absolute Gasteiger partial charge is 0.179 e. The normalized spacial score (nSPS) is 12.0. The molecule has 2 aromatic rings. The molecule has 0 bridgehead atoms. The van der Waals surface area contributed by atoms with Crippen molar-refractivity contribution in [3.8, 4) is 5.75 Å². The molecule has 0 aliphatic rings. The van der Waals surface area contributed by atoms with Gasteiger partial charge in [-0.25, -0.2) is 0 Å². The second kappa shape index (κ2) is 6.99. The van der Waals surface area contributed by atoms with Crippen molar-refractivity contribution in [3.05, 3.63) is 59.4 Å². The molecule has 0 fully saturated rings. The van der Waals surface area contributed by atoms with E-state index in [2.05, 4.69) is 10.3 Å². The average Bonchev–Trinajstić information content (AvgIpc) is 2.52. The zero-order valence-corrected chi connectivity index (χ0v) is 12.6. The number of ether oxygens (including phenoxy) is 1. The van der Waals surface area contributed by atoms with Crippen LogP contribution in [0.5, 0.6) is 5.75 Å². The van der Waals surface area contributed by atoms with E-state index in [1.54, 1.807) is 25.6 Å². The summed E-state index contributed by atoms with van der Waals surface area (Å²) in [7, 11) is 1.63. The van der Waals surface area contributed by atoms with Gasteiger partial charge in [-0.1, -0.05) is 6.07 Å². The van der Waals surface area contributed by atoms with Crippen LogP contribution < -0.4 is 10.1 Å². The molecule has 0 saturated heterocycles. The van der Waals surface area contributed by atoms with Gasteiger partial charge in [-0.3, -0.25) is 9.78 Å². The standard InChI is InChI=1S/C17H20N2O2/c1-12-9-15(6-7-16(12)21-3)17(20)13(2)19-11-14-5-4-8-18-10-14/h4-10,13,19H,11H2,1-3H3. The van der Waals surface area contributed by atoms with Gasteiger partial charge < -0.3 is 10.1 Å². The fraction of sp³-hybridized carbons (Fsp3) is 0.294. The lowest BCUT2D eigenvalue weighted by molar-refractivity contribution is 0.0950. The summed E-state index contributed by atoms with van der Waals surface area (Å²) in [5.74, 6) is 0.868. The summed E-state index contributed by atoms with van der Waals surface area (Å²) < 4.78 is 5.21. The van der Waals surface area contributed by atoms with Crippen LogP contribution in [0.15, 0.2) is 42.7 Å².